The average molecular weight is 443 g/mol. The second-order valence-corrected chi connectivity index (χ2v) is 10.9. The van der Waals surface area contributed by atoms with Crippen LogP contribution in [0.4, 0.5) is 5.69 Å². The van der Waals surface area contributed by atoms with Crippen molar-refractivity contribution in [2.75, 3.05) is 36.6 Å². The van der Waals surface area contributed by atoms with Crippen LogP contribution in [0.15, 0.2) is 48.5 Å². The Hall–Kier alpha value is -2.38. The molecule has 0 aliphatic carbocycles. The molecule has 0 spiro atoms. The Morgan fingerprint density at radius 2 is 1.71 bits per heavy atom. The lowest BCUT2D eigenvalue weighted by atomic mass is 9.99. The first kappa shape index (κ1) is 21.8. The molecule has 0 radical (unpaired) electrons. The standard InChI is InChI=1S/C24H30N2O4S/c1-17(2)18-8-10-20(11-9-18)26-22-16-31(28,29)15-21(22)25(14-24(26)27)13-12-19-6-4-5-7-23(19)30-3/h4-11,17,21-22H,12-16H2,1-3H3/t21-,22-/m1/s1. The van der Waals surface area contributed by atoms with Gasteiger partial charge in [0.05, 0.1) is 31.2 Å². The zero-order valence-corrected chi connectivity index (χ0v) is 19.1. The predicted molar refractivity (Wildman–Crippen MR) is 123 cm³/mol. The van der Waals surface area contributed by atoms with E-state index in [-0.39, 0.29) is 36.0 Å². The zero-order chi connectivity index (χ0) is 22.2. The fourth-order valence-electron chi connectivity index (χ4n) is 4.73. The van der Waals surface area contributed by atoms with Gasteiger partial charge in [0.2, 0.25) is 5.91 Å². The first-order valence-corrected chi connectivity index (χ1v) is 12.6. The molecule has 2 fully saturated rings. The van der Waals surface area contributed by atoms with Crippen molar-refractivity contribution < 1.29 is 17.9 Å². The second-order valence-electron chi connectivity index (χ2n) is 8.75. The van der Waals surface area contributed by atoms with Crippen molar-refractivity contribution in [1.82, 2.24) is 4.90 Å². The van der Waals surface area contributed by atoms with Crippen molar-refractivity contribution in [3.05, 3.63) is 59.7 Å². The summed E-state index contributed by atoms with van der Waals surface area (Å²) in [6.45, 7) is 5.08. The molecule has 0 aromatic heterocycles. The summed E-state index contributed by atoms with van der Waals surface area (Å²) in [5.74, 6) is 1.28. The molecule has 0 N–H and O–H groups in total. The van der Waals surface area contributed by atoms with Gasteiger partial charge in [0.1, 0.15) is 5.75 Å². The molecule has 0 bridgehead atoms. The summed E-state index contributed by atoms with van der Waals surface area (Å²) in [5, 5.41) is 0. The molecule has 2 aliphatic heterocycles. The normalized spacial score (nSPS) is 23.2. The molecule has 0 unspecified atom stereocenters. The van der Waals surface area contributed by atoms with Gasteiger partial charge in [-0.05, 0) is 41.7 Å². The Morgan fingerprint density at radius 1 is 1.03 bits per heavy atom. The Bertz CT molecular complexity index is 1050. The Labute approximate surface area is 184 Å². The number of benzene rings is 2. The van der Waals surface area contributed by atoms with Gasteiger partial charge in [-0.3, -0.25) is 9.69 Å². The summed E-state index contributed by atoms with van der Waals surface area (Å²) in [6.07, 6.45) is 0.698. The predicted octanol–water partition coefficient (Wildman–Crippen LogP) is 2.88. The van der Waals surface area contributed by atoms with Gasteiger partial charge in [-0.2, -0.15) is 0 Å². The molecule has 2 aromatic rings. The monoisotopic (exact) mass is 442 g/mol. The van der Waals surface area contributed by atoms with Crippen LogP contribution >= 0.6 is 0 Å². The summed E-state index contributed by atoms with van der Waals surface area (Å²) < 4.78 is 30.6. The number of sulfone groups is 1. The van der Waals surface area contributed by atoms with Gasteiger partial charge < -0.3 is 9.64 Å². The molecule has 0 saturated carbocycles. The molecule has 4 rings (SSSR count). The van der Waals surface area contributed by atoms with Crippen LogP contribution < -0.4 is 9.64 Å². The van der Waals surface area contributed by atoms with Crippen LogP contribution in [0, 0.1) is 0 Å². The molecule has 2 heterocycles. The number of anilines is 1. The van der Waals surface area contributed by atoms with E-state index in [1.807, 2.05) is 53.4 Å². The van der Waals surface area contributed by atoms with Gasteiger partial charge in [-0.15, -0.1) is 0 Å². The maximum atomic E-state index is 13.2. The maximum absolute atomic E-state index is 13.2. The number of para-hydroxylation sites is 1. The van der Waals surface area contributed by atoms with Crippen molar-refractivity contribution >= 4 is 21.4 Å². The van der Waals surface area contributed by atoms with Gasteiger partial charge in [-0.1, -0.05) is 44.2 Å². The number of ether oxygens (including phenoxy) is 1. The van der Waals surface area contributed by atoms with Crippen LogP contribution in [0.2, 0.25) is 0 Å². The van der Waals surface area contributed by atoms with Crippen molar-refractivity contribution in [1.29, 1.82) is 0 Å². The first-order valence-electron chi connectivity index (χ1n) is 10.8. The number of amides is 1. The minimum Gasteiger partial charge on any atom is -0.496 e. The number of hydrogen-bond acceptors (Lipinski definition) is 5. The van der Waals surface area contributed by atoms with E-state index in [4.69, 9.17) is 4.74 Å². The van der Waals surface area contributed by atoms with Crippen molar-refractivity contribution in [3.63, 3.8) is 0 Å². The van der Waals surface area contributed by atoms with Crippen molar-refractivity contribution in [2.45, 2.75) is 38.3 Å². The van der Waals surface area contributed by atoms with Crippen molar-refractivity contribution in [3.8, 4) is 5.75 Å². The number of nitrogens with zero attached hydrogens (tertiary/aromatic N) is 2. The highest BCUT2D eigenvalue weighted by Gasteiger charge is 2.49. The van der Waals surface area contributed by atoms with Crippen LogP contribution in [0.5, 0.6) is 5.75 Å². The SMILES string of the molecule is COc1ccccc1CCN1CC(=O)N(c2ccc(C(C)C)cc2)[C@@H]2CS(=O)(=O)C[C@H]21. The third kappa shape index (κ3) is 4.48. The number of methoxy groups -OCH3 is 1. The molecule has 1 amide bonds. The second kappa shape index (κ2) is 8.63. The van der Waals surface area contributed by atoms with Gasteiger partial charge >= 0.3 is 0 Å². The summed E-state index contributed by atoms with van der Waals surface area (Å²) in [4.78, 5) is 16.9. The molecular weight excluding hydrogens is 412 g/mol. The molecule has 2 saturated heterocycles. The molecule has 7 heteroatoms. The van der Waals surface area contributed by atoms with Gasteiger partial charge in [0, 0.05) is 18.3 Å². The first-order chi connectivity index (χ1) is 14.8. The van der Waals surface area contributed by atoms with Crippen LogP contribution in [-0.2, 0) is 21.1 Å². The fourth-order valence-corrected chi connectivity index (χ4v) is 6.71. The van der Waals surface area contributed by atoms with E-state index in [0.29, 0.717) is 18.9 Å². The van der Waals surface area contributed by atoms with E-state index < -0.39 is 9.84 Å². The smallest absolute Gasteiger partial charge is 0.241 e. The minimum absolute atomic E-state index is 0.0144. The highest BCUT2D eigenvalue weighted by atomic mass is 32.2. The Morgan fingerprint density at radius 3 is 2.39 bits per heavy atom. The third-order valence-electron chi connectivity index (χ3n) is 6.40. The molecule has 2 aromatic carbocycles. The Kier molecular flexibility index (Phi) is 6.08. The van der Waals surface area contributed by atoms with Gasteiger partial charge in [-0.25, -0.2) is 8.42 Å². The van der Waals surface area contributed by atoms with E-state index in [9.17, 15) is 13.2 Å². The van der Waals surface area contributed by atoms with Crippen LogP contribution in [0.1, 0.15) is 30.9 Å². The van der Waals surface area contributed by atoms with E-state index >= 15 is 0 Å². The number of hydrogen-bond donors (Lipinski definition) is 0. The number of carbonyl (C=O) groups excluding carboxylic acids is 1. The molecule has 6 nitrogen and oxygen atoms in total. The molecule has 2 aliphatic rings. The number of rotatable bonds is 6. The van der Waals surface area contributed by atoms with Gasteiger partial charge in [0.15, 0.2) is 9.84 Å². The maximum Gasteiger partial charge on any atom is 0.241 e. The lowest BCUT2D eigenvalue weighted by Gasteiger charge is -2.43. The molecule has 166 valence electrons. The third-order valence-corrected chi connectivity index (χ3v) is 8.10. The van der Waals surface area contributed by atoms with Crippen LogP contribution in [0.3, 0.4) is 0 Å². The van der Waals surface area contributed by atoms with Crippen molar-refractivity contribution in [2.24, 2.45) is 0 Å². The minimum atomic E-state index is -3.20. The summed E-state index contributed by atoms with van der Waals surface area (Å²) in [6, 6.07) is 15.2. The molecule has 2 atom stereocenters. The number of fused-ring (bicyclic) bond motifs is 1. The average Bonchev–Trinajstić information content (AvgIpc) is 3.07. The molecule has 31 heavy (non-hydrogen) atoms. The zero-order valence-electron chi connectivity index (χ0n) is 18.3. The summed E-state index contributed by atoms with van der Waals surface area (Å²) in [7, 11) is -1.56. The van der Waals surface area contributed by atoms with E-state index in [1.54, 1.807) is 12.0 Å². The quantitative estimate of drug-likeness (QED) is 0.688. The lowest BCUT2D eigenvalue weighted by molar-refractivity contribution is -0.123. The van der Waals surface area contributed by atoms with Crippen LogP contribution in [0.25, 0.3) is 0 Å². The van der Waals surface area contributed by atoms with Crippen LogP contribution in [-0.4, -0.2) is 63.0 Å². The van der Waals surface area contributed by atoms with E-state index in [2.05, 4.69) is 13.8 Å². The lowest BCUT2D eigenvalue weighted by Crippen LogP contribution is -2.62. The topological polar surface area (TPSA) is 66.9 Å². The Balaban J connectivity index is 1.57. The van der Waals surface area contributed by atoms with E-state index in [1.165, 1.54) is 5.56 Å². The molecular formula is C24H30N2O4S. The largest absolute Gasteiger partial charge is 0.496 e. The highest BCUT2D eigenvalue weighted by molar-refractivity contribution is 7.91. The highest BCUT2D eigenvalue weighted by Crippen LogP contribution is 2.32. The summed E-state index contributed by atoms with van der Waals surface area (Å²) in [5.41, 5.74) is 3.04. The fraction of sp³-hybridized carbons (Fsp3) is 0.458. The number of carbonyl (C=O) groups is 1. The van der Waals surface area contributed by atoms with Gasteiger partial charge in [0.25, 0.3) is 0 Å². The number of piperazine rings is 1. The van der Waals surface area contributed by atoms with E-state index in [0.717, 1.165) is 17.0 Å². The summed E-state index contributed by atoms with van der Waals surface area (Å²) >= 11 is 0.